The first kappa shape index (κ1) is 19.6. The molecule has 1 saturated heterocycles. The lowest BCUT2D eigenvalue weighted by molar-refractivity contribution is -0.142. The molecule has 6 heteroatoms. The number of nitrogens with zero attached hydrogens (tertiary/aromatic N) is 2. The number of aliphatic carboxylic acids is 1. The minimum Gasteiger partial charge on any atom is -0.481 e. The van der Waals surface area contributed by atoms with Crippen molar-refractivity contribution in [3.8, 4) is 0 Å². The van der Waals surface area contributed by atoms with E-state index in [1.807, 2.05) is 6.20 Å². The minimum absolute atomic E-state index is 0.184. The molecule has 3 aromatic rings. The Morgan fingerprint density at radius 3 is 2.63 bits per heavy atom. The lowest BCUT2D eigenvalue weighted by Crippen LogP contribution is -2.23. The molecule has 1 saturated carbocycles. The summed E-state index contributed by atoms with van der Waals surface area (Å²) in [5.74, 6) is 0.127. The number of aromatic nitrogens is 3. The number of carboxylic acids is 1. The summed E-state index contributed by atoms with van der Waals surface area (Å²) in [7, 11) is 0. The Balaban J connectivity index is 1.68. The molecule has 0 amide bonds. The molecule has 2 N–H and O–H groups in total. The largest absolute Gasteiger partial charge is 0.481 e. The highest BCUT2D eigenvalue weighted by molar-refractivity contribution is 5.98. The molecule has 0 unspecified atom stereocenters. The third-order valence-corrected chi connectivity index (χ3v) is 7.24. The molecule has 1 aliphatic heterocycles. The number of rotatable bonds is 5. The zero-order valence-corrected chi connectivity index (χ0v) is 17.7. The van der Waals surface area contributed by atoms with Gasteiger partial charge in [0.25, 0.3) is 0 Å². The molecule has 6 nitrogen and oxygen atoms in total. The van der Waals surface area contributed by atoms with E-state index in [0.29, 0.717) is 11.8 Å². The van der Waals surface area contributed by atoms with Gasteiger partial charge in [-0.3, -0.25) is 9.89 Å². The molecule has 5 rings (SSSR count). The van der Waals surface area contributed by atoms with Gasteiger partial charge in [-0.2, -0.15) is 5.10 Å². The number of nitrogens with one attached hydrogen (secondary N) is 1. The van der Waals surface area contributed by atoms with Crippen molar-refractivity contribution in [2.24, 2.45) is 5.92 Å². The van der Waals surface area contributed by atoms with Crippen LogP contribution in [0.1, 0.15) is 75.0 Å². The number of hydrogen-bond donors (Lipinski definition) is 2. The number of hydrogen-bond acceptors (Lipinski definition) is 3. The maximum Gasteiger partial charge on any atom is 0.306 e. The first-order valence-corrected chi connectivity index (χ1v) is 11.5. The number of aromatic amines is 1. The fourth-order valence-electron chi connectivity index (χ4n) is 5.77. The second-order valence-corrected chi connectivity index (χ2v) is 9.05. The van der Waals surface area contributed by atoms with Gasteiger partial charge in [0, 0.05) is 47.7 Å². The van der Waals surface area contributed by atoms with E-state index in [1.54, 1.807) is 0 Å². The fraction of sp³-hybridized carbons (Fsp3) is 0.583. The van der Waals surface area contributed by atoms with Crippen LogP contribution in [0.3, 0.4) is 0 Å². The van der Waals surface area contributed by atoms with Crippen LogP contribution in [0.5, 0.6) is 0 Å². The van der Waals surface area contributed by atoms with Gasteiger partial charge in [-0.05, 0) is 68.6 Å². The lowest BCUT2D eigenvalue weighted by Gasteiger charge is -2.30. The van der Waals surface area contributed by atoms with Crippen LogP contribution in [0.4, 0.5) is 0 Å². The molecule has 3 heterocycles. The van der Waals surface area contributed by atoms with Crippen LogP contribution < -0.4 is 0 Å². The van der Waals surface area contributed by atoms with E-state index >= 15 is 0 Å². The third kappa shape index (κ3) is 3.31. The molecular formula is C24H31N3O3. The van der Waals surface area contributed by atoms with Crippen LogP contribution in [-0.2, 0) is 16.1 Å². The summed E-state index contributed by atoms with van der Waals surface area (Å²) in [6, 6.07) is 4.57. The number of aryl methyl sites for hydroxylation is 1. The Morgan fingerprint density at radius 1 is 1.17 bits per heavy atom. The Morgan fingerprint density at radius 2 is 1.93 bits per heavy atom. The summed E-state index contributed by atoms with van der Waals surface area (Å²) in [5.41, 5.74) is 5.36. The van der Waals surface area contributed by atoms with Crippen LogP contribution in [0, 0.1) is 5.92 Å². The number of carbonyl (C=O) groups is 1. The molecule has 0 bridgehead atoms. The molecule has 2 fully saturated rings. The predicted molar refractivity (Wildman–Crippen MR) is 117 cm³/mol. The Hall–Kier alpha value is -2.34. The Bertz CT molecular complexity index is 1050. The molecule has 30 heavy (non-hydrogen) atoms. The van der Waals surface area contributed by atoms with Gasteiger partial charge in [-0.15, -0.1) is 0 Å². The zero-order valence-electron chi connectivity index (χ0n) is 17.7. The summed E-state index contributed by atoms with van der Waals surface area (Å²) in [6.07, 6.45) is 8.60. The van der Waals surface area contributed by atoms with E-state index < -0.39 is 5.97 Å². The minimum atomic E-state index is -0.634. The SMILES string of the molecule is CCCn1c(C2CCOCC2)c(C2CCC(C(=O)O)CC2)c2cc3[nH]ncc3cc21. The number of fused-ring (bicyclic) bond motifs is 2. The van der Waals surface area contributed by atoms with Crippen LogP contribution in [0.15, 0.2) is 18.3 Å². The van der Waals surface area contributed by atoms with Crippen molar-refractivity contribution in [2.75, 3.05) is 13.2 Å². The third-order valence-electron chi connectivity index (χ3n) is 7.24. The first-order chi connectivity index (χ1) is 14.7. The summed E-state index contributed by atoms with van der Waals surface area (Å²) >= 11 is 0. The highest BCUT2D eigenvalue weighted by atomic mass is 16.5. The average Bonchev–Trinajstić information content (AvgIpc) is 3.35. The average molecular weight is 410 g/mol. The van der Waals surface area contributed by atoms with Gasteiger partial charge in [-0.1, -0.05) is 6.92 Å². The summed E-state index contributed by atoms with van der Waals surface area (Å²) < 4.78 is 8.25. The van der Waals surface area contributed by atoms with E-state index in [-0.39, 0.29) is 5.92 Å². The fourth-order valence-corrected chi connectivity index (χ4v) is 5.77. The second-order valence-electron chi connectivity index (χ2n) is 9.05. The van der Waals surface area contributed by atoms with Gasteiger partial charge >= 0.3 is 5.97 Å². The predicted octanol–water partition coefficient (Wildman–Crippen LogP) is 5.18. The van der Waals surface area contributed by atoms with Crippen molar-refractivity contribution in [3.63, 3.8) is 0 Å². The van der Waals surface area contributed by atoms with Gasteiger partial charge in [0.1, 0.15) is 0 Å². The van der Waals surface area contributed by atoms with Gasteiger partial charge in [0.15, 0.2) is 0 Å². The maximum atomic E-state index is 11.5. The number of H-pyrrole nitrogens is 1. The van der Waals surface area contributed by atoms with Crippen LogP contribution in [0.25, 0.3) is 21.8 Å². The normalized spacial score (nSPS) is 23.4. The van der Waals surface area contributed by atoms with E-state index in [9.17, 15) is 9.90 Å². The van der Waals surface area contributed by atoms with Crippen LogP contribution in [0.2, 0.25) is 0 Å². The van der Waals surface area contributed by atoms with Gasteiger partial charge in [0.05, 0.1) is 17.6 Å². The van der Waals surface area contributed by atoms with Crippen molar-refractivity contribution >= 4 is 27.8 Å². The molecule has 2 aliphatic rings. The standard InChI is InChI=1S/C24H31N3O3/c1-2-9-27-21-12-18-14-25-26-20(18)13-19(21)22(23(27)16-7-10-30-11-8-16)15-3-5-17(6-4-15)24(28)29/h12-17H,2-11H2,1H3,(H,25,26)(H,28,29). The molecule has 1 aliphatic carbocycles. The summed E-state index contributed by atoms with van der Waals surface area (Å²) in [5, 5.41) is 19.3. The van der Waals surface area contributed by atoms with Crippen molar-refractivity contribution in [1.82, 2.24) is 14.8 Å². The number of carboxylic acid groups (broad SMARTS) is 1. The lowest BCUT2D eigenvalue weighted by atomic mass is 9.76. The Kier molecular flexibility index (Phi) is 5.27. The zero-order chi connectivity index (χ0) is 20.7. The van der Waals surface area contributed by atoms with Crippen LogP contribution in [-0.4, -0.2) is 39.1 Å². The molecular weight excluding hydrogens is 378 g/mol. The number of ether oxygens (including phenoxy) is 1. The Labute approximate surface area is 176 Å². The highest BCUT2D eigenvalue weighted by Crippen LogP contribution is 2.46. The quantitative estimate of drug-likeness (QED) is 0.608. The first-order valence-electron chi connectivity index (χ1n) is 11.5. The van der Waals surface area contributed by atoms with E-state index in [0.717, 1.165) is 75.6 Å². The monoisotopic (exact) mass is 409 g/mol. The van der Waals surface area contributed by atoms with Crippen molar-refractivity contribution < 1.29 is 14.6 Å². The molecule has 2 aromatic heterocycles. The molecule has 0 atom stereocenters. The maximum absolute atomic E-state index is 11.5. The van der Waals surface area contributed by atoms with Gasteiger partial charge in [-0.25, -0.2) is 0 Å². The second kappa shape index (κ2) is 8.06. The highest BCUT2D eigenvalue weighted by Gasteiger charge is 2.33. The van der Waals surface area contributed by atoms with Crippen LogP contribution >= 0.6 is 0 Å². The summed E-state index contributed by atoms with van der Waals surface area (Å²) in [4.78, 5) is 11.5. The van der Waals surface area contributed by atoms with Crippen molar-refractivity contribution in [1.29, 1.82) is 0 Å². The molecule has 0 radical (unpaired) electrons. The van der Waals surface area contributed by atoms with Crippen molar-refractivity contribution in [3.05, 3.63) is 29.6 Å². The number of benzene rings is 1. The molecule has 1 aromatic carbocycles. The molecule has 160 valence electrons. The van der Waals surface area contributed by atoms with E-state index in [1.165, 1.54) is 22.2 Å². The van der Waals surface area contributed by atoms with Gasteiger partial charge < -0.3 is 14.4 Å². The van der Waals surface area contributed by atoms with Crippen molar-refractivity contribution in [2.45, 2.75) is 70.3 Å². The topological polar surface area (TPSA) is 80.1 Å². The molecule has 0 spiro atoms. The van der Waals surface area contributed by atoms with Gasteiger partial charge in [0.2, 0.25) is 0 Å². The van der Waals surface area contributed by atoms with E-state index in [2.05, 4.69) is 33.8 Å². The smallest absolute Gasteiger partial charge is 0.306 e. The van der Waals surface area contributed by atoms with E-state index in [4.69, 9.17) is 4.74 Å². The summed E-state index contributed by atoms with van der Waals surface area (Å²) in [6.45, 7) is 4.91.